The van der Waals surface area contributed by atoms with Gasteiger partial charge in [-0.2, -0.15) is 0 Å². The average molecular weight is 212 g/mol. The van der Waals surface area contributed by atoms with Gasteiger partial charge in [-0.15, -0.1) is 0 Å². The van der Waals surface area contributed by atoms with Crippen molar-refractivity contribution in [3.8, 4) is 0 Å². The highest BCUT2D eigenvalue weighted by Crippen LogP contribution is 2.23. The van der Waals surface area contributed by atoms with Crippen molar-refractivity contribution in [2.24, 2.45) is 11.7 Å². The quantitative estimate of drug-likeness (QED) is 0.755. The van der Waals surface area contributed by atoms with Crippen molar-refractivity contribution in [2.45, 2.75) is 52.0 Å². The van der Waals surface area contributed by atoms with Gasteiger partial charge in [0.05, 0.1) is 0 Å². The molecule has 1 amide bonds. The van der Waals surface area contributed by atoms with E-state index in [-0.39, 0.29) is 11.5 Å². The Morgan fingerprint density at radius 2 is 1.80 bits per heavy atom. The van der Waals surface area contributed by atoms with Crippen molar-refractivity contribution in [2.75, 3.05) is 13.1 Å². The molecule has 1 aliphatic heterocycles. The number of nitrogens with zero attached hydrogens (tertiary/aromatic N) is 1. The van der Waals surface area contributed by atoms with E-state index in [1.165, 1.54) is 0 Å². The van der Waals surface area contributed by atoms with Gasteiger partial charge < -0.3 is 10.6 Å². The zero-order chi connectivity index (χ0) is 11.5. The third-order valence-electron chi connectivity index (χ3n) is 3.04. The monoisotopic (exact) mass is 212 g/mol. The Kier molecular flexibility index (Phi) is 4.14. The minimum Gasteiger partial charge on any atom is -0.339 e. The van der Waals surface area contributed by atoms with Gasteiger partial charge in [-0.05, 0) is 19.8 Å². The second-order valence-electron chi connectivity index (χ2n) is 5.12. The Hall–Kier alpha value is -0.570. The van der Waals surface area contributed by atoms with Crippen LogP contribution in [0.5, 0.6) is 0 Å². The number of likely N-dealkylation sites (tertiary alicyclic amines) is 1. The summed E-state index contributed by atoms with van der Waals surface area (Å²) in [6, 6.07) is 0. The maximum Gasteiger partial charge on any atom is 0.225 e. The molecule has 0 atom stereocenters. The van der Waals surface area contributed by atoms with E-state index in [4.69, 9.17) is 5.73 Å². The molecule has 0 aliphatic carbocycles. The van der Waals surface area contributed by atoms with Crippen LogP contribution in [0.2, 0.25) is 0 Å². The van der Waals surface area contributed by atoms with Gasteiger partial charge in [-0.3, -0.25) is 4.79 Å². The lowest BCUT2D eigenvalue weighted by atomic mass is 9.89. The molecule has 15 heavy (non-hydrogen) atoms. The van der Waals surface area contributed by atoms with Gasteiger partial charge in [0, 0.05) is 24.5 Å². The molecule has 1 aliphatic rings. The molecule has 3 nitrogen and oxygen atoms in total. The third-order valence-corrected chi connectivity index (χ3v) is 3.04. The van der Waals surface area contributed by atoms with Gasteiger partial charge in [-0.25, -0.2) is 0 Å². The van der Waals surface area contributed by atoms with Gasteiger partial charge in [0.15, 0.2) is 0 Å². The normalized spacial score (nSPS) is 19.1. The number of carbonyl (C=O) groups is 1. The second kappa shape index (κ2) is 4.97. The molecular formula is C12H24N2O. The molecule has 0 radical (unpaired) electrons. The van der Waals surface area contributed by atoms with E-state index in [0.717, 1.165) is 38.8 Å². The molecule has 1 saturated heterocycles. The van der Waals surface area contributed by atoms with Gasteiger partial charge in [0.1, 0.15) is 0 Å². The molecule has 0 unspecified atom stereocenters. The van der Waals surface area contributed by atoms with Crippen molar-refractivity contribution >= 4 is 5.91 Å². The first kappa shape index (κ1) is 12.5. The lowest BCUT2D eigenvalue weighted by molar-refractivity contribution is -0.143. The zero-order valence-corrected chi connectivity index (χ0v) is 10.3. The summed E-state index contributed by atoms with van der Waals surface area (Å²) in [4.78, 5) is 14.0. The molecule has 2 N–H and O–H groups in total. The Morgan fingerprint density at radius 3 is 2.13 bits per heavy atom. The van der Waals surface area contributed by atoms with Gasteiger partial charge >= 0.3 is 0 Å². The maximum absolute atomic E-state index is 12.1. The Morgan fingerprint density at radius 1 is 1.33 bits per heavy atom. The molecule has 0 aromatic rings. The van der Waals surface area contributed by atoms with E-state index < -0.39 is 0 Å². The predicted octanol–water partition coefficient (Wildman–Crippen LogP) is 1.76. The van der Waals surface area contributed by atoms with Gasteiger partial charge in [0.2, 0.25) is 5.91 Å². The van der Waals surface area contributed by atoms with E-state index in [0.29, 0.717) is 5.91 Å². The Bertz CT molecular complexity index is 212. The highest BCUT2D eigenvalue weighted by atomic mass is 16.2. The molecule has 0 aromatic carbocycles. The predicted molar refractivity (Wildman–Crippen MR) is 62.5 cm³/mol. The number of hydrogen-bond donors (Lipinski definition) is 1. The molecule has 1 fully saturated rings. The van der Waals surface area contributed by atoms with E-state index in [9.17, 15) is 4.79 Å². The van der Waals surface area contributed by atoms with Gasteiger partial charge in [-0.1, -0.05) is 26.7 Å². The fourth-order valence-electron chi connectivity index (χ4n) is 2.33. The number of amides is 1. The molecule has 0 saturated carbocycles. The number of nitrogens with two attached hydrogens (primary N) is 1. The fourth-order valence-corrected chi connectivity index (χ4v) is 2.33. The smallest absolute Gasteiger partial charge is 0.225 e. The molecular weight excluding hydrogens is 188 g/mol. The van der Waals surface area contributed by atoms with Crippen LogP contribution in [0.25, 0.3) is 0 Å². The summed E-state index contributed by atoms with van der Waals surface area (Å²) in [5.74, 6) is 0.553. The summed E-state index contributed by atoms with van der Waals surface area (Å²) in [6.45, 7) is 7.75. The van der Waals surface area contributed by atoms with Crippen molar-refractivity contribution in [1.82, 2.24) is 4.90 Å². The highest BCUT2D eigenvalue weighted by Gasteiger charge is 2.39. The molecule has 3 heteroatoms. The van der Waals surface area contributed by atoms with E-state index >= 15 is 0 Å². The number of rotatable bonds is 5. The second-order valence-corrected chi connectivity index (χ2v) is 5.12. The Labute approximate surface area is 93.0 Å². The largest absolute Gasteiger partial charge is 0.339 e. The van der Waals surface area contributed by atoms with Crippen molar-refractivity contribution in [1.29, 1.82) is 0 Å². The zero-order valence-electron chi connectivity index (χ0n) is 10.3. The lowest BCUT2D eigenvalue weighted by Gasteiger charge is -2.46. The Balaban J connectivity index is 2.43. The summed E-state index contributed by atoms with van der Waals surface area (Å²) < 4.78 is 0. The fraction of sp³-hybridized carbons (Fsp3) is 0.917. The van der Waals surface area contributed by atoms with Crippen LogP contribution in [0.3, 0.4) is 0 Å². The molecule has 1 heterocycles. The third kappa shape index (κ3) is 3.20. The minimum atomic E-state index is -0.140. The standard InChI is InChI=1S/C12H24N2O/c1-4-6-10(7-5-2)11(15)14-8-12(3,13)9-14/h10H,4-9,13H2,1-3H3. The first-order valence-corrected chi connectivity index (χ1v) is 6.08. The SMILES string of the molecule is CCCC(CCC)C(=O)N1CC(C)(N)C1. The van der Waals surface area contributed by atoms with Crippen molar-refractivity contribution in [3.05, 3.63) is 0 Å². The summed E-state index contributed by atoms with van der Waals surface area (Å²) in [5.41, 5.74) is 5.76. The molecule has 1 rings (SSSR count). The molecule has 0 bridgehead atoms. The van der Waals surface area contributed by atoms with Crippen LogP contribution in [0.1, 0.15) is 46.5 Å². The van der Waals surface area contributed by atoms with Crippen molar-refractivity contribution in [3.63, 3.8) is 0 Å². The van der Waals surface area contributed by atoms with Crippen LogP contribution in [0.4, 0.5) is 0 Å². The molecule has 0 aromatic heterocycles. The molecule has 0 spiro atoms. The summed E-state index contributed by atoms with van der Waals surface area (Å²) in [6.07, 6.45) is 4.21. The van der Waals surface area contributed by atoms with Crippen molar-refractivity contribution < 1.29 is 4.79 Å². The van der Waals surface area contributed by atoms with Crippen LogP contribution in [-0.2, 0) is 4.79 Å². The molecule has 88 valence electrons. The lowest BCUT2D eigenvalue weighted by Crippen LogP contribution is -2.67. The van der Waals surface area contributed by atoms with E-state index in [1.54, 1.807) is 0 Å². The minimum absolute atomic E-state index is 0.140. The first-order chi connectivity index (χ1) is 7.00. The van der Waals surface area contributed by atoms with Crippen LogP contribution in [0, 0.1) is 5.92 Å². The van der Waals surface area contributed by atoms with Crippen LogP contribution in [0.15, 0.2) is 0 Å². The number of carbonyl (C=O) groups excluding carboxylic acids is 1. The summed E-state index contributed by atoms with van der Waals surface area (Å²) >= 11 is 0. The highest BCUT2D eigenvalue weighted by molar-refractivity contribution is 5.80. The summed E-state index contributed by atoms with van der Waals surface area (Å²) in [7, 11) is 0. The van der Waals surface area contributed by atoms with E-state index in [1.807, 2.05) is 11.8 Å². The summed E-state index contributed by atoms with van der Waals surface area (Å²) in [5, 5.41) is 0. The number of hydrogen-bond acceptors (Lipinski definition) is 2. The van der Waals surface area contributed by atoms with Crippen LogP contribution in [-0.4, -0.2) is 29.4 Å². The van der Waals surface area contributed by atoms with Crippen LogP contribution < -0.4 is 5.73 Å². The first-order valence-electron chi connectivity index (χ1n) is 6.08. The maximum atomic E-state index is 12.1. The van der Waals surface area contributed by atoms with Gasteiger partial charge in [0.25, 0.3) is 0 Å². The van der Waals surface area contributed by atoms with E-state index in [2.05, 4.69) is 13.8 Å². The van der Waals surface area contributed by atoms with Crippen LogP contribution >= 0.6 is 0 Å². The topological polar surface area (TPSA) is 46.3 Å². The average Bonchev–Trinajstić information content (AvgIpc) is 2.12.